The number of carbonyl (C=O) groups is 1. The average molecular weight is 277 g/mol. The van der Waals surface area contributed by atoms with Crippen LogP contribution in [0.25, 0.3) is 0 Å². The first-order valence-electron chi connectivity index (χ1n) is 7.01. The maximum absolute atomic E-state index is 12.5. The second-order valence-corrected chi connectivity index (χ2v) is 5.62. The third-order valence-corrected chi connectivity index (χ3v) is 4.19. The number of hydrazone groups is 1. The number of aryl methyl sites for hydroxylation is 1. The Morgan fingerprint density at radius 3 is 2.76 bits per heavy atom. The minimum atomic E-state index is -0.757. The standard InChI is InChI=1S/C17H15N3O/c1-11-7-8-14-13(9-11)17(16(21)18-14)10-15(19-20-17)12-5-3-2-4-6-12/h2-9,20H,10H2,1H3,(H,18,21). The SMILES string of the molecule is Cc1ccc2c(c1)C1(CC(c3ccccc3)=NN1)C(=O)N2. The Balaban J connectivity index is 1.76. The molecule has 1 atom stereocenters. The maximum atomic E-state index is 12.5. The number of hydrogen-bond donors (Lipinski definition) is 2. The van der Waals surface area contributed by atoms with Crippen LogP contribution < -0.4 is 10.7 Å². The largest absolute Gasteiger partial charge is 0.323 e. The Bertz CT molecular complexity index is 767. The molecule has 1 spiro atoms. The molecule has 21 heavy (non-hydrogen) atoms. The Morgan fingerprint density at radius 1 is 1.14 bits per heavy atom. The maximum Gasteiger partial charge on any atom is 0.256 e. The number of anilines is 1. The lowest BCUT2D eigenvalue weighted by Crippen LogP contribution is -2.42. The van der Waals surface area contributed by atoms with Gasteiger partial charge in [0.15, 0.2) is 5.54 Å². The number of nitrogens with zero attached hydrogens (tertiary/aromatic N) is 1. The minimum Gasteiger partial charge on any atom is -0.323 e. The first-order chi connectivity index (χ1) is 10.2. The molecule has 1 amide bonds. The van der Waals surface area contributed by atoms with E-state index in [4.69, 9.17) is 0 Å². The van der Waals surface area contributed by atoms with Crippen LogP contribution in [-0.4, -0.2) is 11.6 Å². The molecule has 1 unspecified atom stereocenters. The second kappa shape index (κ2) is 4.19. The van der Waals surface area contributed by atoms with Crippen molar-refractivity contribution in [3.63, 3.8) is 0 Å². The van der Waals surface area contributed by atoms with Crippen molar-refractivity contribution in [3.05, 3.63) is 65.2 Å². The summed E-state index contributed by atoms with van der Waals surface area (Å²) in [6, 6.07) is 16.0. The number of carbonyl (C=O) groups excluding carboxylic acids is 1. The van der Waals surface area contributed by atoms with Crippen LogP contribution in [0.1, 0.15) is 23.1 Å². The highest BCUT2D eigenvalue weighted by Gasteiger charge is 2.50. The predicted octanol–water partition coefficient (Wildman–Crippen LogP) is 2.54. The summed E-state index contributed by atoms with van der Waals surface area (Å²) in [5.41, 5.74) is 7.30. The van der Waals surface area contributed by atoms with Gasteiger partial charge in [-0.2, -0.15) is 5.10 Å². The molecule has 0 aromatic heterocycles. The van der Waals surface area contributed by atoms with Gasteiger partial charge in [0.25, 0.3) is 5.91 Å². The number of amides is 1. The van der Waals surface area contributed by atoms with E-state index in [2.05, 4.69) is 21.9 Å². The highest BCUT2D eigenvalue weighted by molar-refractivity contribution is 6.13. The quantitative estimate of drug-likeness (QED) is 0.841. The minimum absolute atomic E-state index is 0.0298. The zero-order valence-corrected chi connectivity index (χ0v) is 11.7. The molecule has 2 aliphatic heterocycles. The van der Waals surface area contributed by atoms with E-state index < -0.39 is 5.54 Å². The molecule has 0 aliphatic carbocycles. The lowest BCUT2D eigenvalue weighted by molar-refractivity contribution is -0.121. The molecule has 4 rings (SSSR count). The van der Waals surface area contributed by atoms with E-state index in [-0.39, 0.29) is 5.91 Å². The number of rotatable bonds is 1. The zero-order valence-electron chi connectivity index (χ0n) is 11.7. The summed E-state index contributed by atoms with van der Waals surface area (Å²) in [5.74, 6) is -0.0298. The molecule has 4 heteroatoms. The molecule has 4 nitrogen and oxygen atoms in total. The van der Waals surface area contributed by atoms with E-state index in [1.54, 1.807) is 0 Å². The van der Waals surface area contributed by atoms with E-state index in [1.807, 2.05) is 49.4 Å². The van der Waals surface area contributed by atoms with Gasteiger partial charge in [0.1, 0.15) is 0 Å². The van der Waals surface area contributed by atoms with Crippen molar-refractivity contribution in [3.8, 4) is 0 Å². The molecular weight excluding hydrogens is 262 g/mol. The second-order valence-electron chi connectivity index (χ2n) is 5.62. The van der Waals surface area contributed by atoms with E-state index in [1.165, 1.54) is 0 Å². The van der Waals surface area contributed by atoms with Crippen molar-refractivity contribution in [2.45, 2.75) is 18.9 Å². The molecule has 2 aromatic carbocycles. The molecule has 2 N–H and O–H groups in total. The van der Waals surface area contributed by atoms with Gasteiger partial charge < -0.3 is 5.32 Å². The predicted molar refractivity (Wildman–Crippen MR) is 82.2 cm³/mol. The number of fused-ring (bicyclic) bond motifs is 2. The first kappa shape index (κ1) is 12.1. The summed E-state index contributed by atoms with van der Waals surface area (Å²) >= 11 is 0. The smallest absolute Gasteiger partial charge is 0.256 e. The van der Waals surface area contributed by atoms with E-state index >= 15 is 0 Å². The number of benzene rings is 2. The Morgan fingerprint density at radius 2 is 1.95 bits per heavy atom. The summed E-state index contributed by atoms with van der Waals surface area (Å²) < 4.78 is 0. The van der Waals surface area contributed by atoms with Crippen molar-refractivity contribution >= 4 is 17.3 Å². The third-order valence-electron chi connectivity index (χ3n) is 4.19. The van der Waals surface area contributed by atoms with Gasteiger partial charge in [-0.25, -0.2) is 0 Å². The molecule has 0 saturated heterocycles. The van der Waals surface area contributed by atoms with E-state index in [0.29, 0.717) is 6.42 Å². The molecule has 0 radical (unpaired) electrons. The van der Waals surface area contributed by atoms with Gasteiger partial charge in [-0.3, -0.25) is 10.2 Å². The summed E-state index contributed by atoms with van der Waals surface area (Å²) in [4.78, 5) is 12.5. The topological polar surface area (TPSA) is 53.5 Å². The Kier molecular flexibility index (Phi) is 2.42. The number of nitrogens with one attached hydrogen (secondary N) is 2. The van der Waals surface area contributed by atoms with Gasteiger partial charge >= 0.3 is 0 Å². The molecule has 0 fully saturated rings. The van der Waals surface area contributed by atoms with Crippen LogP contribution in [0, 0.1) is 6.92 Å². The summed E-state index contributed by atoms with van der Waals surface area (Å²) in [6.45, 7) is 2.03. The molecule has 0 bridgehead atoms. The average Bonchev–Trinajstić information content (AvgIpc) is 3.06. The Hall–Kier alpha value is -2.62. The highest BCUT2D eigenvalue weighted by atomic mass is 16.2. The van der Waals surface area contributed by atoms with Gasteiger partial charge in [0, 0.05) is 17.7 Å². The van der Waals surface area contributed by atoms with Gasteiger partial charge in [0.05, 0.1) is 5.71 Å². The molecule has 2 aromatic rings. The van der Waals surface area contributed by atoms with Crippen LogP contribution in [0.5, 0.6) is 0 Å². The van der Waals surface area contributed by atoms with Gasteiger partial charge in [-0.1, -0.05) is 48.0 Å². The lowest BCUT2D eigenvalue weighted by Gasteiger charge is -2.21. The van der Waals surface area contributed by atoms with Crippen LogP contribution in [-0.2, 0) is 10.3 Å². The van der Waals surface area contributed by atoms with E-state index in [9.17, 15) is 4.79 Å². The molecule has 0 saturated carbocycles. The lowest BCUT2D eigenvalue weighted by atomic mass is 9.85. The number of hydrogen-bond acceptors (Lipinski definition) is 3. The zero-order chi connectivity index (χ0) is 14.4. The van der Waals surface area contributed by atoms with Crippen molar-refractivity contribution < 1.29 is 4.79 Å². The van der Waals surface area contributed by atoms with Gasteiger partial charge in [0.2, 0.25) is 0 Å². The van der Waals surface area contributed by atoms with Crippen molar-refractivity contribution in [1.82, 2.24) is 5.43 Å². The normalized spacial score (nSPS) is 22.7. The molecule has 2 heterocycles. The van der Waals surface area contributed by atoms with Gasteiger partial charge in [-0.15, -0.1) is 0 Å². The van der Waals surface area contributed by atoms with Crippen molar-refractivity contribution in [2.75, 3.05) is 5.32 Å². The molecule has 104 valence electrons. The fraction of sp³-hybridized carbons (Fsp3) is 0.176. The van der Waals surface area contributed by atoms with Crippen LogP contribution in [0.4, 0.5) is 5.69 Å². The molecule has 2 aliphatic rings. The van der Waals surface area contributed by atoms with Crippen LogP contribution in [0.3, 0.4) is 0 Å². The highest BCUT2D eigenvalue weighted by Crippen LogP contribution is 2.41. The summed E-state index contributed by atoms with van der Waals surface area (Å²) in [6.07, 6.45) is 0.569. The fourth-order valence-corrected chi connectivity index (χ4v) is 3.05. The van der Waals surface area contributed by atoms with Crippen molar-refractivity contribution in [2.24, 2.45) is 5.10 Å². The van der Waals surface area contributed by atoms with E-state index in [0.717, 1.165) is 28.1 Å². The van der Waals surface area contributed by atoms with Crippen LogP contribution >= 0.6 is 0 Å². The molecular formula is C17H15N3O. The monoisotopic (exact) mass is 277 g/mol. The van der Waals surface area contributed by atoms with Crippen LogP contribution in [0.2, 0.25) is 0 Å². The summed E-state index contributed by atoms with van der Waals surface area (Å²) in [7, 11) is 0. The Labute approximate surface area is 122 Å². The third kappa shape index (κ3) is 1.69. The first-order valence-corrected chi connectivity index (χ1v) is 7.01. The summed E-state index contributed by atoms with van der Waals surface area (Å²) in [5, 5.41) is 7.38. The van der Waals surface area contributed by atoms with Crippen molar-refractivity contribution in [1.29, 1.82) is 0 Å². The fourth-order valence-electron chi connectivity index (χ4n) is 3.05. The van der Waals surface area contributed by atoms with Crippen LogP contribution in [0.15, 0.2) is 53.6 Å². The van der Waals surface area contributed by atoms with Gasteiger partial charge in [-0.05, 0) is 18.6 Å².